The van der Waals surface area contributed by atoms with Gasteiger partial charge in [-0.25, -0.2) is 0 Å². The van der Waals surface area contributed by atoms with E-state index in [4.69, 9.17) is 0 Å². The van der Waals surface area contributed by atoms with E-state index < -0.39 is 0 Å². The van der Waals surface area contributed by atoms with Crippen LogP contribution in [-0.2, 0) is 6.54 Å². The minimum atomic E-state index is -0.362. The van der Waals surface area contributed by atoms with E-state index in [9.17, 15) is 5.11 Å². The fourth-order valence-corrected chi connectivity index (χ4v) is 2.59. The first-order valence-corrected chi connectivity index (χ1v) is 6.64. The maximum Gasteiger partial charge on any atom is 0.0761 e. The summed E-state index contributed by atoms with van der Waals surface area (Å²) in [4.78, 5) is 2.53. The van der Waals surface area contributed by atoms with Gasteiger partial charge in [-0.1, -0.05) is 31.2 Å². The zero-order chi connectivity index (χ0) is 12.3. The molecule has 1 heterocycles. The molecule has 1 fully saturated rings. The molecule has 0 bridgehead atoms. The lowest BCUT2D eigenvalue weighted by Gasteiger charge is -2.30. The molecule has 17 heavy (non-hydrogen) atoms. The van der Waals surface area contributed by atoms with Gasteiger partial charge in [0.2, 0.25) is 0 Å². The number of likely N-dealkylation sites (tertiary alicyclic amines) is 1. The lowest BCUT2D eigenvalue weighted by molar-refractivity contribution is 0.176. The van der Waals surface area contributed by atoms with Gasteiger partial charge >= 0.3 is 0 Å². The van der Waals surface area contributed by atoms with E-state index in [1.807, 2.05) is 12.1 Å². The molecular weight excluding hydrogens is 210 g/mol. The van der Waals surface area contributed by atoms with Crippen molar-refractivity contribution in [2.75, 3.05) is 13.1 Å². The maximum atomic E-state index is 9.46. The van der Waals surface area contributed by atoms with Gasteiger partial charge in [-0.05, 0) is 43.4 Å². The lowest BCUT2D eigenvalue weighted by Crippen LogP contribution is -2.33. The van der Waals surface area contributed by atoms with Crippen molar-refractivity contribution in [2.45, 2.75) is 39.3 Å². The van der Waals surface area contributed by atoms with Gasteiger partial charge in [0, 0.05) is 13.1 Å². The standard InChI is InChI=1S/C15H23NO/c1-12-4-3-9-16(10-12)11-14-5-7-15(8-6-14)13(2)17/h5-8,12-13,17H,3-4,9-11H2,1-2H3. The van der Waals surface area contributed by atoms with Crippen LogP contribution in [0.1, 0.15) is 43.9 Å². The van der Waals surface area contributed by atoms with E-state index in [1.54, 1.807) is 6.92 Å². The van der Waals surface area contributed by atoms with E-state index in [0.717, 1.165) is 18.0 Å². The molecule has 0 spiro atoms. The van der Waals surface area contributed by atoms with Gasteiger partial charge in [-0.2, -0.15) is 0 Å². The van der Waals surface area contributed by atoms with E-state index in [-0.39, 0.29) is 6.10 Å². The average molecular weight is 233 g/mol. The molecule has 0 aromatic heterocycles. The smallest absolute Gasteiger partial charge is 0.0761 e. The van der Waals surface area contributed by atoms with Crippen molar-refractivity contribution in [3.8, 4) is 0 Å². The van der Waals surface area contributed by atoms with Crippen molar-refractivity contribution in [3.63, 3.8) is 0 Å². The van der Waals surface area contributed by atoms with Crippen molar-refractivity contribution >= 4 is 0 Å². The summed E-state index contributed by atoms with van der Waals surface area (Å²) in [6.45, 7) is 7.63. The Balaban J connectivity index is 1.94. The van der Waals surface area contributed by atoms with E-state index in [1.165, 1.54) is 31.5 Å². The molecule has 1 aliphatic rings. The van der Waals surface area contributed by atoms with Gasteiger partial charge in [0.1, 0.15) is 0 Å². The molecule has 2 heteroatoms. The van der Waals surface area contributed by atoms with Crippen molar-refractivity contribution in [2.24, 2.45) is 5.92 Å². The lowest BCUT2D eigenvalue weighted by atomic mass is 9.99. The van der Waals surface area contributed by atoms with Crippen molar-refractivity contribution < 1.29 is 5.11 Å². The van der Waals surface area contributed by atoms with E-state index in [0.29, 0.717) is 0 Å². The van der Waals surface area contributed by atoms with Crippen molar-refractivity contribution in [1.29, 1.82) is 0 Å². The van der Waals surface area contributed by atoms with Crippen LogP contribution in [0.3, 0.4) is 0 Å². The van der Waals surface area contributed by atoms with E-state index >= 15 is 0 Å². The van der Waals surface area contributed by atoms with Crippen LogP contribution in [0.25, 0.3) is 0 Å². The third-order valence-electron chi connectivity index (χ3n) is 3.61. The molecule has 0 radical (unpaired) electrons. The molecule has 1 aromatic carbocycles. The van der Waals surface area contributed by atoms with Crippen LogP contribution in [-0.4, -0.2) is 23.1 Å². The van der Waals surface area contributed by atoms with Crippen molar-refractivity contribution in [3.05, 3.63) is 35.4 Å². The van der Waals surface area contributed by atoms with Gasteiger partial charge in [0.25, 0.3) is 0 Å². The first-order chi connectivity index (χ1) is 8.15. The Bertz CT molecular complexity index is 344. The van der Waals surface area contributed by atoms with Gasteiger partial charge < -0.3 is 5.11 Å². The summed E-state index contributed by atoms with van der Waals surface area (Å²) in [6, 6.07) is 8.35. The SMILES string of the molecule is CC1CCCN(Cc2ccc(C(C)O)cc2)C1. The van der Waals surface area contributed by atoms with Crippen LogP contribution in [0.5, 0.6) is 0 Å². The number of hydrogen-bond acceptors (Lipinski definition) is 2. The fourth-order valence-electron chi connectivity index (χ4n) is 2.59. The summed E-state index contributed by atoms with van der Waals surface area (Å²) >= 11 is 0. The van der Waals surface area contributed by atoms with Crippen LogP contribution in [0.2, 0.25) is 0 Å². The Morgan fingerprint density at radius 3 is 2.65 bits per heavy atom. The molecule has 1 saturated heterocycles. The molecule has 0 aliphatic carbocycles. The number of piperidine rings is 1. The van der Waals surface area contributed by atoms with Gasteiger partial charge in [0.05, 0.1) is 6.10 Å². The van der Waals surface area contributed by atoms with Crippen molar-refractivity contribution in [1.82, 2.24) is 4.90 Å². The summed E-state index contributed by atoms with van der Waals surface area (Å²) in [5.74, 6) is 0.834. The number of aliphatic hydroxyl groups excluding tert-OH is 1. The number of aliphatic hydroxyl groups is 1. The molecule has 0 amide bonds. The van der Waals surface area contributed by atoms with Crippen LogP contribution >= 0.6 is 0 Å². The first kappa shape index (κ1) is 12.6. The van der Waals surface area contributed by atoms with Crippen LogP contribution in [0.4, 0.5) is 0 Å². The quantitative estimate of drug-likeness (QED) is 0.867. The Labute approximate surface area is 104 Å². The molecule has 2 atom stereocenters. The summed E-state index contributed by atoms with van der Waals surface area (Å²) in [5.41, 5.74) is 2.35. The monoisotopic (exact) mass is 233 g/mol. The second-order valence-corrected chi connectivity index (χ2v) is 5.40. The zero-order valence-corrected chi connectivity index (χ0v) is 10.9. The molecular formula is C15H23NO. The summed E-state index contributed by atoms with van der Waals surface area (Å²) < 4.78 is 0. The van der Waals surface area contributed by atoms with Gasteiger partial charge in [-0.15, -0.1) is 0 Å². The molecule has 94 valence electrons. The minimum absolute atomic E-state index is 0.362. The topological polar surface area (TPSA) is 23.5 Å². The number of hydrogen-bond donors (Lipinski definition) is 1. The number of rotatable bonds is 3. The molecule has 2 unspecified atom stereocenters. The Kier molecular flexibility index (Phi) is 4.19. The second-order valence-electron chi connectivity index (χ2n) is 5.40. The first-order valence-electron chi connectivity index (χ1n) is 6.64. The third-order valence-corrected chi connectivity index (χ3v) is 3.61. The summed E-state index contributed by atoms with van der Waals surface area (Å²) in [5, 5.41) is 9.46. The highest BCUT2D eigenvalue weighted by Crippen LogP contribution is 2.19. The molecule has 1 N–H and O–H groups in total. The predicted octanol–water partition coefficient (Wildman–Crippen LogP) is 2.97. The second kappa shape index (κ2) is 5.65. The zero-order valence-electron chi connectivity index (χ0n) is 10.9. The minimum Gasteiger partial charge on any atom is -0.389 e. The molecule has 0 saturated carbocycles. The number of nitrogens with zero attached hydrogens (tertiary/aromatic N) is 1. The highest BCUT2D eigenvalue weighted by atomic mass is 16.3. The Hall–Kier alpha value is -0.860. The van der Waals surface area contributed by atoms with Crippen LogP contribution in [0, 0.1) is 5.92 Å². The van der Waals surface area contributed by atoms with E-state index in [2.05, 4.69) is 24.0 Å². The third kappa shape index (κ3) is 3.55. The van der Waals surface area contributed by atoms with Gasteiger partial charge in [-0.3, -0.25) is 4.90 Å². The normalized spacial score (nSPS) is 23.6. The largest absolute Gasteiger partial charge is 0.389 e. The molecule has 1 aliphatic heterocycles. The average Bonchev–Trinajstić information content (AvgIpc) is 2.29. The fraction of sp³-hybridized carbons (Fsp3) is 0.600. The highest BCUT2D eigenvalue weighted by molar-refractivity contribution is 5.23. The predicted molar refractivity (Wildman–Crippen MR) is 70.8 cm³/mol. The Morgan fingerprint density at radius 1 is 1.35 bits per heavy atom. The highest BCUT2D eigenvalue weighted by Gasteiger charge is 2.16. The van der Waals surface area contributed by atoms with Crippen LogP contribution < -0.4 is 0 Å². The van der Waals surface area contributed by atoms with Crippen LogP contribution in [0.15, 0.2) is 24.3 Å². The molecule has 1 aromatic rings. The number of benzene rings is 1. The summed E-state index contributed by atoms with van der Waals surface area (Å²) in [6.07, 6.45) is 2.34. The van der Waals surface area contributed by atoms with Gasteiger partial charge in [0.15, 0.2) is 0 Å². The molecule has 2 rings (SSSR count). The molecule has 2 nitrogen and oxygen atoms in total. The summed E-state index contributed by atoms with van der Waals surface area (Å²) in [7, 11) is 0. The maximum absolute atomic E-state index is 9.46. The Morgan fingerprint density at radius 2 is 2.06 bits per heavy atom.